The molecule has 0 aliphatic heterocycles. The van der Waals surface area contributed by atoms with E-state index in [1.165, 1.54) is 24.3 Å². The summed E-state index contributed by atoms with van der Waals surface area (Å²) in [6.45, 7) is 0. The molecule has 0 aromatic heterocycles. The Kier molecular flexibility index (Phi) is 2.32. The highest BCUT2D eigenvalue weighted by atomic mass is 16.3. The molecule has 0 amide bonds. The molecule has 0 bridgehead atoms. The summed E-state index contributed by atoms with van der Waals surface area (Å²) in [5.41, 5.74) is 0.514. The van der Waals surface area contributed by atoms with Crippen molar-refractivity contribution in [3.05, 3.63) is 35.4 Å². The topological polar surface area (TPSA) is 74.6 Å². The number of fused-ring (bicyclic) bond motifs is 1. The van der Waals surface area contributed by atoms with Crippen LogP contribution in [0.4, 0.5) is 0 Å². The SMILES string of the molecule is O=Cc1cc2cc(O)c(O)cc2cc1C=O. The normalized spacial score (nSPS) is 10.2. The van der Waals surface area contributed by atoms with E-state index in [0.717, 1.165) is 0 Å². The van der Waals surface area contributed by atoms with Crippen LogP contribution in [0.25, 0.3) is 10.8 Å². The first-order chi connectivity index (χ1) is 7.65. The van der Waals surface area contributed by atoms with Crippen LogP contribution in [0.5, 0.6) is 11.5 Å². The summed E-state index contributed by atoms with van der Waals surface area (Å²) in [6.07, 6.45) is 1.15. The summed E-state index contributed by atoms with van der Waals surface area (Å²) < 4.78 is 0. The number of phenols is 2. The Morgan fingerprint density at radius 2 is 1.12 bits per heavy atom. The van der Waals surface area contributed by atoms with Gasteiger partial charge in [-0.2, -0.15) is 0 Å². The predicted molar refractivity (Wildman–Crippen MR) is 58.1 cm³/mol. The zero-order valence-electron chi connectivity index (χ0n) is 8.18. The van der Waals surface area contributed by atoms with Crippen LogP contribution in [-0.4, -0.2) is 22.8 Å². The van der Waals surface area contributed by atoms with E-state index in [9.17, 15) is 19.8 Å². The van der Waals surface area contributed by atoms with Gasteiger partial charge in [-0.15, -0.1) is 0 Å². The first-order valence-electron chi connectivity index (χ1n) is 4.56. The molecule has 0 fully saturated rings. The van der Waals surface area contributed by atoms with E-state index in [1.807, 2.05) is 0 Å². The number of phenolic OH excluding ortho intramolecular Hbond substituents is 2. The fourth-order valence-corrected chi connectivity index (χ4v) is 1.56. The molecule has 0 aliphatic carbocycles. The standard InChI is InChI=1S/C12H8O4/c13-5-9-1-7-3-11(15)12(16)4-8(7)2-10(9)6-14/h1-6,15-16H. The van der Waals surface area contributed by atoms with Gasteiger partial charge in [-0.3, -0.25) is 9.59 Å². The quantitative estimate of drug-likeness (QED) is 0.593. The van der Waals surface area contributed by atoms with Gasteiger partial charge in [0.05, 0.1) is 0 Å². The smallest absolute Gasteiger partial charge is 0.158 e. The van der Waals surface area contributed by atoms with Crippen molar-refractivity contribution in [1.29, 1.82) is 0 Å². The maximum atomic E-state index is 10.7. The molecule has 2 aromatic carbocycles. The molecule has 0 radical (unpaired) electrons. The molecule has 4 nitrogen and oxygen atoms in total. The van der Waals surface area contributed by atoms with E-state index in [-0.39, 0.29) is 22.6 Å². The van der Waals surface area contributed by atoms with Crippen molar-refractivity contribution in [2.45, 2.75) is 0 Å². The van der Waals surface area contributed by atoms with Gasteiger partial charge in [-0.1, -0.05) is 0 Å². The molecule has 4 heteroatoms. The maximum absolute atomic E-state index is 10.7. The summed E-state index contributed by atoms with van der Waals surface area (Å²) in [4.78, 5) is 21.4. The van der Waals surface area contributed by atoms with E-state index < -0.39 is 0 Å². The Hall–Kier alpha value is -2.36. The average molecular weight is 216 g/mol. The molecule has 0 aliphatic rings. The van der Waals surface area contributed by atoms with Gasteiger partial charge in [0.15, 0.2) is 24.1 Å². The first kappa shape index (κ1) is 10.2. The van der Waals surface area contributed by atoms with Crippen molar-refractivity contribution in [1.82, 2.24) is 0 Å². The number of carbonyl (C=O) groups excluding carboxylic acids is 2. The molecule has 0 heterocycles. The summed E-state index contributed by atoms with van der Waals surface area (Å²) in [5.74, 6) is -0.522. The second kappa shape index (κ2) is 3.66. The third-order valence-corrected chi connectivity index (χ3v) is 2.39. The summed E-state index contributed by atoms with van der Waals surface area (Å²) in [7, 11) is 0. The molecule has 2 N–H and O–H groups in total. The van der Waals surface area contributed by atoms with Gasteiger partial charge in [0.2, 0.25) is 0 Å². The number of aromatic hydroxyl groups is 2. The van der Waals surface area contributed by atoms with Crippen molar-refractivity contribution in [3.8, 4) is 11.5 Å². The highest BCUT2D eigenvalue weighted by molar-refractivity contribution is 5.99. The lowest BCUT2D eigenvalue weighted by Crippen LogP contribution is -1.90. The zero-order valence-corrected chi connectivity index (χ0v) is 8.18. The molecular weight excluding hydrogens is 208 g/mol. The van der Waals surface area contributed by atoms with Crippen molar-refractivity contribution in [3.63, 3.8) is 0 Å². The highest BCUT2D eigenvalue weighted by Gasteiger charge is 2.07. The molecule has 16 heavy (non-hydrogen) atoms. The lowest BCUT2D eigenvalue weighted by molar-refractivity contribution is 0.109. The van der Waals surface area contributed by atoms with Gasteiger partial charge in [-0.25, -0.2) is 0 Å². The monoisotopic (exact) mass is 216 g/mol. The molecule has 0 saturated carbocycles. The summed E-state index contributed by atoms with van der Waals surface area (Å²) in [6, 6.07) is 5.66. The maximum Gasteiger partial charge on any atom is 0.158 e. The molecule has 0 saturated heterocycles. The zero-order chi connectivity index (χ0) is 11.7. The summed E-state index contributed by atoms with van der Waals surface area (Å²) >= 11 is 0. The Morgan fingerprint density at radius 3 is 1.44 bits per heavy atom. The number of carbonyl (C=O) groups is 2. The summed E-state index contributed by atoms with van der Waals surface area (Å²) in [5, 5.41) is 19.8. The molecule has 0 spiro atoms. The fourth-order valence-electron chi connectivity index (χ4n) is 1.56. The van der Waals surface area contributed by atoms with Gasteiger partial charge >= 0.3 is 0 Å². The van der Waals surface area contributed by atoms with Gasteiger partial charge in [0, 0.05) is 11.1 Å². The lowest BCUT2D eigenvalue weighted by atomic mass is 10.0. The molecule has 80 valence electrons. The van der Waals surface area contributed by atoms with E-state index in [4.69, 9.17) is 0 Å². The number of rotatable bonds is 2. The Morgan fingerprint density at radius 1 is 0.750 bits per heavy atom. The number of benzene rings is 2. The van der Waals surface area contributed by atoms with Gasteiger partial charge in [0.1, 0.15) is 0 Å². The Bertz CT molecular complexity index is 535. The predicted octanol–water partition coefficient (Wildman–Crippen LogP) is 1.88. The van der Waals surface area contributed by atoms with Crippen molar-refractivity contribution >= 4 is 23.3 Å². The van der Waals surface area contributed by atoms with Crippen LogP contribution in [0.3, 0.4) is 0 Å². The minimum atomic E-state index is -0.261. The molecule has 0 atom stereocenters. The molecular formula is C12H8O4. The van der Waals surface area contributed by atoms with Gasteiger partial charge < -0.3 is 10.2 Å². The van der Waals surface area contributed by atoms with E-state index in [2.05, 4.69) is 0 Å². The van der Waals surface area contributed by atoms with Crippen molar-refractivity contribution in [2.75, 3.05) is 0 Å². The highest BCUT2D eigenvalue weighted by Crippen LogP contribution is 2.31. The second-order valence-electron chi connectivity index (χ2n) is 3.40. The van der Waals surface area contributed by atoms with Crippen LogP contribution in [0.15, 0.2) is 24.3 Å². The Labute approximate surface area is 90.8 Å². The Balaban J connectivity index is 2.83. The first-order valence-corrected chi connectivity index (χ1v) is 4.56. The molecule has 2 aromatic rings. The van der Waals surface area contributed by atoms with Crippen molar-refractivity contribution < 1.29 is 19.8 Å². The van der Waals surface area contributed by atoms with Crippen molar-refractivity contribution in [2.24, 2.45) is 0 Å². The number of aldehydes is 2. The average Bonchev–Trinajstić information content (AvgIpc) is 2.29. The largest absolute Gasteiger partial charge is 0.504 e. The van der Waals surface area contributed by atoms with E-state index in [0.29, 0.717) is 23.3 Å². The molecule has 2 rings (SSSR count). The fraction of sp³-hybridized carbons (Fsp3) is 0. The second-order valence-corrected chi connectivity index (χ2v) is 3.40. The number of hydrogen-bond donors (Lipinski definition) is 2. The minimum absolute atomic E-state index is 0.257. The third-order valence-electron chi connectivity index (χ3n) is 2.39. The van der Waals surface area contributed by atoms with E-state index >= 15 is 0 Å². The van der Waals surface area contributed by atoms with Crippen LogP contribution in [-0.2, 0) is 0 Å². The van der Waals surface area contributed by atoms with Crippen LogP contribution >= 0.6 is 0 Å². The van der Waals surface area contributed by atoms with Crippen LogP contribution in [0.1, 0.15) is 20.7 Å². The minimum Gasteiger partial charge on any atom is -0.504 e. The lowest BCUT2D eigenvalue weighted by Gasteiger charge is -2.04. The molecule has 0 unspecified atom stereocenters. The van der Waals surface area contributed by atoms with Gasteiger partial charge in [0.25, 0.3) is 0 Å². The van der Waals surface area contributed by atoms with Gasteiger partial charge in [-0.05, 0) is 35.0 Å². The third kappa shape index (κ3) is 1.50. The van der Waals surface area contributed by atoms with Crippen LogP contribution in [0.2, 0.25) is 0 Å². The number of hydrogen-bond acceptors (Lipinski definition) is 4. The van der Waals surface area contributed by atoms with Crippen LogP contribution < -0.4 is 0 Å². The van der Waals surface area contributed by atoms with Crippen LogP contribution in [0, 0.1) is 0 Å². The van der Waals surface area contributed by atoms with E-state index in [1.54, 1.807) is 0 Å².